The fourth-order valence-electron chi connectivity index (χ4n) is 1.92. The van der Waals surface area contributed by atoms with Crippen LogP contribution in [0.5, 0.6) is 11.5 Å². The number of benzene rings is 2. The first kappa shape index (κ1) is 17.8. The fourth-order valence-corrected chi connectivity index (χ4v) is 1.92. The third kappa shape index (κ3) is 4.48. The topological polar surface area (TPSA) is 145 Å². The number of nitro groups is 2. The number of nitro benzene ring substituents is 2. The van der Waals surface area contributed by atoms with Crippen molar-refractivity contribution >= 4 is 17.3 Å². The van der Waals surface area contributed by atoms with Crippen LogP contribution in [0.2, 0.25) is 0 Å². The van der Waals surface area contributed by atoms with E-state index >= 15 is 0 Å². The number of nitrogens with zero attached hydrogens (tertiary/aromatic N) is 2. The van der Waals surface area contributed by atoms with Crippen LogP contribution in [0.25, 0.3) is 0 Å². The van der Waals surface area contributed by atoms with E-state index in [9.17, 15) is 25.0 Å². The SMILES string of the molecule is O=C(NCCO)c1ccc(Oc2ccc([N+](=O)[O-])cc2[N+](=O)[O-])cc1. The van der Waals surface area contributed by atoms with Crippen molar-refractivity contribution in [2.75, 3.05) is 13.2 Å². The van der Waals surface area contributed by atoms with Gasteiger partial charge in [0.05, 0.1) is 22.5 Å². The molecule has 0 spiro atoms. The summed E-state index contributed by atoms with van der Waals surface area (Å²) in [6.45, 7) is -0.0666. The van der Waals surface area contributed by atoms with Crippen molar-refractivity contribution in [2.45, 2.75) is 0 Å². The molecule has 2 rings (SSSR count). The van der Waals surface area contributed by atoms with Gasteiger partial charge in [-0.2, -0.15) is 0 Å². The Kier molecular flexibility index (Phi) is 5.58. The normalized spacial score (nSPS) is 10.1. The fraction of sp³-hybridized carbons (Fsp3) is 0.133. The van der Waals surface area contributed by atoms with Crippen molar-refractivity contribution in [2.24, 2.45) is 0 Å². The van der Waals surface area contributed by atoms with Crippen LogP contribution in [0.15, 0.2) is 42.5 Å². The Morgan fingerprint density at radius 1 is 1.08 bits per heavy atom. The van der Waals surface area contributed by atoms with Gasteiger partial charge in [-0.25, -0.2) is 0 Å². The first-order valence-corrected chi connectivity index (χ1v) is 7.02. The van der Waals surface area contributed by atoms with Crippen LogP contribution in [0.3, 0.4) is 0 Å². The summed E-state index contributed by atoms with van der Waals surface area (Å²) in [5.74, 6) is -0.328. The van der Waals surface area contributed by atoms with Crippen LogP contribution in [0.1, 0.15) is 10.4 Å². The number of aliphatic hydroxyl groups excluding tert-OH is 1. The summed E-state index contributed by atoms with van der Waals surface area (Å²) >= 11 is 0. The predicted molar refractivity (Wildman–Crippen MR) is 85.7 cm³/mol. The van der Waals surface area contributed by atoms with E-state index < -0.39 is 21.2 Å². The third-order valence-electron chi connectivity index (χ3n) is 3.09. The van der Waals surface area contributed by atoms with Crippen molar-refractivity contribution < 1.29 is 24.5 Å². The lowest BCUT2D eigenvalue weighted by atomic mass is 10.2. The van der Waals surface area contributed by atoms with Gasteiger partial charge in [0.25, 0.3) is 11.6 Å². The molecule has 0 aliphatic rings. The second-order valence-corrected chi connectivity index (χ2v) is 4.77. The first-order chi connectivity index (χ1) is 11.9. The lowest BCUT2D eigenvalue weighted by Crippen LogP contribution is -2.26. The summed E-state index contributed by atoms with van der Waals surface area (Å²) in [4.78, 5) is 32.0. The molecule has 10 nitrogen and oxygen atoms in total. The number of hydrogen-bond acceptors (Lipinski definition) is 7. The summed E-state index contributed by atoms with van der Waals surface area (Å²) in [7, 11) is 0. The highest BCUT2D eigenvalue weighted by molar-refractivity contribution is 5.94. The monoisotopic (exact) mass is 347 g/mol. The number of carbonyl (C=O) groups is 1. The van der Waals surface area contributed by atoms with Crippen molar-refractivity contribution in [3.63, 3.8) is 0 Å². The van der Waals surface area contributed by atoms with Crippen molar-refractivity contribution in [1.82, 2.24) is 5.32 Å². The zero-order chi connectivity index (χ0) is 18.4. The van der Waals surface area contributed by atoms with E-state index in [-0.39, 0.29) is 30.6 Å². The highest BCUT2D eigenvalue weighted by Crippen LogP contribution is 2.34. The Balaban J connectivity index is 2.20. The molecule has 1 amide bonds. The van der Waals surface area contributed by atoms with E-state index in [1.165, 1.54) is 24.3 Å². The third-order valence-corrected chi connectivity index (χ3v) is 3.09. The van der Waals surface area contributed by atoms with E-state index in [1.54, 1.807) is 0 Å². The molecule has 0 fully saturated rings. The summed E-state index contributed by atoms with van der Waals surface area (Å²) in [6.07, 6.45) is 0. The number of aliphatic hydroxyl groups is 1. The first-order valence-electron chi connectivity index (χ1n) is 7.02. The Morgan fingerprint density at radius 2 is 1.76 bits per heavy atom. The smallest absolute Gasteiger partial charge is 0.318 e. The average Bonchev–Trinajstić information content (AvgIpc) is 2.60. The zero-order valence-electron chi connectivity index (χ0n) is 12.7. The molecule has 0 aliphatic heterocycles. The highest BCUT2D eigenvalue weighted by Gasteiger charge is 2.21. The number of rotatable bonds is 7. The van der Waals surface area contributed by atoms with Crippen molar-refractivity contribution in [3.05, 3.63) is 68.3 Å². The van der Waals surface area contributed by atoms with Crippen molar-refractivity contribution in [1.29, 1.82) is 0 Å². The highest BCUT2D eigenvalue weighted by atomic mass is 16.6. The maximum absolute atomic E-state index is 11.7. The molecule has 2 aromatic carbocycles. The van der Waals surface area contributed by atoms with Gasteiger partial charge in [0.2, 0.25) is 5.75 Å². The van der Waals surface area contributed by atoms with Gasteiger partial charge in [-0.15, -0.1) is 0 Å². The molecule has 0 bridgehead atoms. The van der Waals surface area contributed by atoms with Gasteiger partial charge in [0.1, 0.15) is 5.75 Å². The quantitative estimate of drug-likeness (QED) is 0.575. The lowest BCUT2D eigenvalue weighted by molar-refractivity contribution is -0.394. The average molecular weight is 347 g/mol. The molecule has 0 atom stereocenters. The van der Waals surface area contributed by atoms with Gasteiger partial charge in [0.15, 0.2) is 0 Å². The van der Waals surface area contributed by atoms with E-state index in [2.05, 4.69) is 5.32 Å². The molecule has 2 N–H and O–H groups in total. The maximum Gasteiger partial charge on any atom is 0.318 e. The Labute approximate surface area is 141 Å². The summed E-state index contributed by atoms with van der Waals surface area (Å²) in [5, 5.41) is 32.9. The standard InChI is InChI=1S/C15H13N3O7/c19-8-7-16-15(20)10-1-4-12(5-2-10)25-14-6-3-11(17(21)22)9-13(14)18(23)24/h1-6,9,19H,7-8H2,(H,16,20). The minimum absolute atomic E-state index is 0.117. The second-order valence-electron chi connectivity index (χ2n) is 4.77. The van der Waals surface area contributed by atoms with Gasteiger partial charge in [-0.3, -0.25) is 25.0 Å². The van der Waals surface area contributed by atoms with E-state index in [0.29, 0.717) is 5.56 Å². The van der Waals surface area contributed by atoms with E-state index in [0.717, 1.165) is 18.2 Å². The molecule has 0 heterocycles. The molecule has 0 unspecified atom stereocenters. The molecule has 2 aromatic rings. The summed E-state index contributed by atoms with van der Waals surface area (Å²) in [5.41, 5.74) is -0.645. The summed E-state index contributed by atoms with van der Waals surface area (Å²) in [6, 6.07) is 8.79. The number of ether oxygens (including phenoxy) is 1. The Hall–Kier alpha value is -3.53. The molecular formula is C15H13N3O7. The lowest BCUT2D eigenvalue weighted by Gasteiger charge is -2.07. The Bertz CT molecular complexity index is 805. The number of amides is 1. The van der Waals surface area contributed by atoms with Crippen molar-refractivity contribution in [3.8, 4) is 11.5 Å². The van der Waals surface area contributed by atoms with Crippen LogP contribution in [0, 0.1) is 20.2 Å². The van der Waals surface area contributed by atoms with Crippen LogP contribution in [-0.4, -0.2) is 34.0 Å². The molecule has 0 saturated heterocycles. The molecular weight excluding hydrogens is 334 g/mol. The van der Waals surface area contributed by atoms with Crippen LogP contribution >= 0.6 is 0 Å². The van der Waals surface area contributed by atoms with Crippen LogP contribution in [-0.2, 0) is 0 Å². The van der Waals surface area contributed by atoms with Crippen LogP contribution < -0.4 is 10.1 Å². The van der Waals surface area contributed by atoms with Gasteiger partial charge in [0, 0.05) is 18.2 Å². The number of hydrogen-bond donors (Lipinski definition) is 2. The number of nitrogens with one attached hydrogen (secondary N) is 1. The molecule has 0 aliphatic carbocycles. The second kappa shape index (κ2) is 7.84. The molecule has 0 aromatic heterocycles. The van der Waals surface area contributed by atoms with E-state index in [1.807, 2.05) is 0 Å². The minimum Gasteiger partial charge on any atom is -0.450 e. The van der Waals surface area contributed by atoms with Gasteiger partial charge < -0.3 is 15.2 Å². The summed E-state index contributed by atoms with van der Waals surface area (Å²) < 4.78 is 5.39. The minimum atomic E-state index is -0.779. The van der Waals surface area contributed by atoms with Gasteiger partial charge >= 0.3 is 5.69 Å². The van der Waals surface area contributed by atoms with Gasteiger partial charge in [-0.1, -0.05) is 0 Å². The van der Waals surface area contributed by atoms with Crippen LogP contribution in [0.4, 0.5) is 11.4 Å². The molecule has 10 heteroatoms. The largest absolute Gasteiger partial charge is 0.450 e. The Morgan fingerprint density at radius 3 is 2.32 bits per heavy atom. The maximum atomic E-state index is 11.7. The molecule has 25 heavy (non-hydrogen) atoms. The molecule has 0 saturated carbocycles. The predicted octanol–water partition coefficient (Wildman–Crippen LogP) is 2.02. The van der Waals surface area contributed by atoms with E-state index in [4.69, 9.17) is 9.84 Å². The number of carbonyl (C=O) groups excluding carboxylic acids is 1. The molecule has 0 radical (unpaired) electrons. The number of non-ortho nitro benzene ring substituents is 1. The molecule has 130 valence electrons. The van der Waals surface area contributed by atoms with Gasteiger partial charge in [-0.05, 0) is 30.3 Å². The zero-order valence-corrected chi connectivity index (χ0v) is 12.7.